The van der Waals surface area contributed by atoms with Gasteiger partial charge in [-0.1, -0.05) is 18.2 Å². The van der Waals surface area contributed by atoms with Gasteiger partial charge in [0.1, 0.15) is 12.3 Å². The number of amides is 2. The van der Waals surface area contributed by atoms with Crippen LogP contribution in [-0.2, 0) is 19.7 Å². The van der Waals surface area contributed by atoms with Crippen molar-refractivity contribution in [3.05, 3.63) is 29.8 Å². The molecule has 6 nitrogen and oxygen atoms in total. The number of benzene rings is 1. The number of hydrogen-bond donors (Lipinski definition) is 2. The lowest BCUT2D eigenvalue weighted by Crippen LogP contribution is -2.49. The largest absolute Gasteiger partial charge is 0.496 e. The molecule has 0 unspecified atom stereocenters. The number of nitrogens with one attached hydrogen (secondary N) is 2. The second-order valence-electron chi connectivity index (χ2n) is 6.07. The zero-order valence-corrected chi connectivity index (χ0v) is 14.3. The van der Waals surface area contributed by atoms with Gasteiger partial charge in [0.05, 0.1) is 7.11 Å². The van der Waals surface area contributed by atoms with Crippen molar-refractivity contribution in [2.75, 3.05) is 33.4 Å². The number of methoxy groups -OCH3 is 1. The van der Waals surface area contributed by atoms with Crippen LogP contribution < -0.4 is 15.4 Å². The van der Waals surface area contributed by atoms with Crippen LogP contribution in [-0.4, -0.2) is 51.4 Å². The van der Waals surface area contributed by atoms with Gasteiger partial charge in [-0.3, -0.25) is 9.59 Å². The highest BCUT2D eigenvalue weighted by molar-refractivity contribution is 6.35. The molecule has 0 atom stereocenters. The molecule has 1 fully saturated rings. The normalized spacial score (nSPS) is 16.6. The van der Waals surface area contributed by atoms with Crippen LogP contribution in [0.15, 0.2) is 24.3 Å². The lowest BCUT2D eigenvalue weighted by Gasteiger charge is -2.38. The fraction of sp³-hybridized carbons (Fsp3) is 0.529. The Hall–Kier alpha value is -2.29. The summed E-state index contributed by atoms with van der Waals surface area (Å²) in [5, 5.41) is 4.01. The molecule has 26 heavy (non-hydrogen) atoms. The Balaban J connectivity index is 2.09. The standard InChI is InChI=1S/C17H21F3N2O4/c1-25-13-5-3-2-4-12(13)16(6-8-26-9-7-16)10-21-14(23)15(24)22-11-17(18,19)20/h2-5H,6-11H2,1H3,(H,21,23)(H,22,24). The average molecular weight is 374 g/mol. The maximum Gasteiger partial charge on any atom is 0.405 e. The van der Waals surface area contributed by atoms with E-state index < -0.39 is 30.0 Å². The molecule has 9 heteroatoms. The van der Waals surface area contributed by atoms with E-state index >= 15 is 0 Å². The molecule has 2 rings (SSSR count). The minimum absolute atomic E-state index is 0.0923. The van der Waals surface area contributed by atoms with Gasteiger partial charge in [-0.05, 0) is 18.9 Å². The molecule has 1 saturated heterocycles. The molecule has 144 valence electrons. The van der Waals surface area contributed by atoms with E-state index in [9.17, 15) is 22.8 Å². The van der Waals surface area contributed by atoms with Crippen LogP contribution in [0.25, 0.3) is 0 Å². The van der Waals surface area contributed by atoms with Gasteiger partial charge in [0.25, 0.3) is 0 Å². The molecule has 1 aliphatic rings. The lowest BCUT2D eigenvalue weighted by atomic mass is 9.73. The first-order valence-corrected chi connectivity index (χ1v) is 8.11. The molecule has 0 bridgehead atoms. The van der Waals surface area contributed by atoms with Gasteiger partial charge in [0.15, 0.2) is 0 Å². The second kappa shape index (κ2) is 8.39. The number of ether oxygens (including phenoxy) is 2. The summed E-state index contributed by atoms with van der Waals surface area (Å²) in [6, 6.07) is 7.33. The summed E-state index contributed by atoms with van der Waals surface area (Å²) in [6.07, 6.45) is -3.41. The predicted molar refractivity (Wildman–Crippen MR) is 86.8 cm³/mol. The first-order valence-electron chi connectivity index (χ1n) is 8.11. The molecule has 0 aliphatic carbocycles. The van der Waals surface area contributed by atoms with Crippen molar-refractivity contribution in [1.82, 2.24) is 10.6 Å². The summed E-state index contributed by atoms with van der Waals surface area (Å²) >= 11 is 0. The van der Waals surface area contributed by atoms with Gasteiger partial charge in [0.2, 0.25) is 0 Å². The van der Waals surface area contributed by atoms with Crippen LogP contribution in [0.3, 0.4) is 0 Å². The van der Waals surface area contributed by atoms with E-state index in [1.165, 1.54) is 7.11 Å². The highest BCUT2D eigenvalue weighted by atomic mass is 19.4. The molecule has 0 aromatic heterocycles. The average Bonchev–Trinajstić information content (AvgIpc) is 2.64. The first-order chi connectivity index (χ1) is 12.3. The van der Waals surface area contributed by atoms with E-state index in [1.54, 1.807) is 11.4 Å². The van der Waals surface area contributed by atoms with Crippen molar-refractivity contribution in [3.8, 4) is 5.75 Å². The molecule has 1 aromatic rings. The second-order valence-corrected chi connectivity index (χ2v) is 6.07. The molecule has 2 N–H and O–H groups in total. The molecule has 1 aliphatic heterocycles. The monoisotopic (exact) mass is 374 g/mol. The number of halogens is 3. The predicted octanol–water partition coefficient (Wildman–Crippen LogP) is 1.54. The summed E-state index contributed by atoms with van der Waals surface area (Å²) in [6.45, 7) is -0.526. The smallest absolute Gasteiger partial charge is 0.405 e. The summed E-state index contributed by atoms with van der Waals surface area (Å²) in [4.78, 5) is 23.4. The van der Waals surface area contributed by atoms with E-state index in [0.29, 0.717) is 31.8 Å². The first kappa shape index (κ1) is 20.0. The molecule has 0 spiro atoms. The Labute approximate surface area is 149 Å². The number of rotatable bonds is 5. The van der Waals surface area contributed by atoms with Crippen molar-refractivity contribution in [3.63, 3.8) is 0 Å². The Kier molecular flexibility index (Phi) is 6.47. The molecular weight excluding hydrogens is 353 g/mol. The third-order valence-corrected chi connectivity index (χ3v) is 4.37. The van der Waals surface area contributed by atoms with Crippen molar-refractivity contribution < 1.29 is 32.2 Å². The number of carbonyl (C=O) groups excluding carboxylic acids is 2. The van der Waals surface area contributed by atoms with Crippen LogP contribution in [0.4, 0.5) is 13.2 Å². The SMILES string of the molecule is COc1ccccc1C1(CNC(=O)C(=O)NCC(F)(F)F)CCOCC1. The van der Waals surface area contributed by atoms with Crippen LogP contribution in [0, 0.1) is 0 Å². The van der Waals surface area contributed by atoms with Crippen LogP contribution in [0.5, 0.6) is 5.75 Å². The number of para-hydroxylation sites is 1. The Morgan fingerprint density at radius 1 is 1.15 bits per heavy atom. The van der Waals surface area contributed by atoms with Crippen LogP contribution in [0.1, 0.15) is 18.4 Å². The minimum atomic E-state index is -4.57. The van der Waals surface area contributed by atoms with Crippen LogP contribution in [0.2, 0.25) is 0 Å². The fourth-order valence-electron chi connectivity index (χ4n) is 2.98. The molecule has 1 aromatic carbocycles. The molecule has 2 amide bonds. The van der Waals surface area contributed by atoms with Crippen LogP contribution >= 0.6 is 0 Å². The number of alkyl halides is 3. The zero-order chi connectivity index (χ0) is 19.2. The summed E-state index contributed by atoms with van der Waals surface area (Å²) in [5.74, 6) is -1.77. The third-order valence-electron chi connectivity index (χ3n) is 4.37. The van der Waals surface area contributed by atoms with Gasteiger partial charge in [0, 0.05) is 30.7 Å². The fourth-order valence-corrected chi connectivity index (χ4v) is 2.98. The van der Waals surface area contributed by atoms with Crippen molar-refractivity contribution in [1.29, 1.82) is 0 Å². The van der Waals surface area contributed by atoms with E-state index in [2.05, 4.69) is 5.32 Å². The van der Waals surface area contributed by atoms with Crippen molar-refractivity contribution >= 4 is 11.8 Å². The van der Waals surface area contributed by atoms with Gasteiger partial charge in [-0.15, -0.1) is 0 Å². The zero-order valence-electron chi connectivity index (χ0n) is 14.3. The number of carbonyl (C=O) groups is 2. The third kappa shape index (κ3) is 5.10. The highest BCUT2D eigenvalue weighted by Crippen LogP contribution is 2.39. The van der Waals surface area contributed by atoms with E-state index in [4.69, 9.17) is 9.47 Å². The van der Waals surface area contributed by atoms with Gasteiger partial charge in [-0.2, -0.15) is 13.2 Å². The molecule has 0 radical (unpaired) electrons. The summed E-state index contributed by atoms with van der Waals surface area (Å²) in [7, 11) is 1.54. The van der Waals surface area contributed by atoms with E-state index in [1.807, 2.05) is 18.2 Å². The topological polar surface area (TPSA) is 76.7 Å². The molecule has 0 saturated carbocycles. The van der Waals surface area contributed by atoms with Crippen molar-refractivity contribution in [2.24, 2.45) is 0 Å². The Bertz CT molecular complexity index is 643. The van der Waals surface area contributed by atoms with E-state index in [-0.39, 0.29) is 6.54 Å². The maximum absolute atomic E-state index is 12.1. The van der Waals surface area contributed by atoms with Gasteiger partial charge >= 0.3 is 18.0 Å². The molecule has 1 heterocycles. The lowest BCUT2D eigenvalue weighted by molar-refractivity contribution is -0.146. The Morgan fingerprint density at radius 2 is 1.77 bits per heavy atom. The number of hydrogen-bond acceptors (Lipinski definition) is 4. The summed E-state index contributed by atoms with van der Waals surface area (Å²) in [5.41, 5.74) is 0.340. The minimum Gasteiger partial charge on any atom is -0.496 e. The van der Waals surface area contributed by atoms with Gasteiger partial charge < -0.3 is 20.1 Å². The van der Waals surface area contributed by atoms with Crippen molar-refractivity contribution in [2.45, 2.75) is 24.4 Å². The quantitative estimate of drug-likeness (QED) is 0.767. The highest BCUT2D eigenvalue weighted by Gasteiger charge is 2.37. The maximum atomic E-state index is 12.1. The Morgan fingerprint density at radius 3 is 2.38 bits per heavy atom. The van der Waals surface area contributed by atoms with Gasteiger partial charge in [-0.25, -0.2) is 0 Å². The van der Waals surface area contributed by atoms with E-state index in [0.717, 1.165) is 5.56 Å². The summed E-state index contributed by atoms with van der Waals surface area (Å²) < 4.78 is 47.2. The molecular formula is C17H21F3N2O4.